The van der Waals surface area contributed by atoms with E-state index in [0.717, 1.165) is 16.8 Å². The molecule has 0 aliphatic heterocycles. The molecule has 0 fully saturated rings. The molecule has 3 aromatic rings. The van der Waals surface area contributed by atoms with Gasteiger partial charge in [-0.05, 0) is 29.8 Å². The molecular formula is C24H22N2O2. The summed E-state index contributed by atoms with van der Waals surface area (Å²) < 4.78 is 11.1. The van der Waals surface area contributed by atoms with Crippen molar-refractivity contribution in [2.75, 3.05) is 18.7 Å². The van der Waals surface area contributed by atoms with E-state index in [-0.39, 0.29) is 6.61 Å². The van der Waals surface area contributed by atoms with Crippen molar-refractivity contribution in [1.29, 1.82) is 0 Å². The largest absolute Gasteiger partial charge is 0.493 e. The Labute approximate surface area is 166 Å². The lowest BCUT2D eigenvalue weighted by molar-refractivity contribution is 0.330. The van der Waals surface area contributed by atoms with Crippen molar-refractivity contribution in [3.8, 4) is 23.8 Å². The van der Waals surface area contributed by atoms with Gasteiger partial charge in [0.05, 0.1) is 25.6 Å². The van der Waals surface area contributed by atoms with E-state index < -0.39 is 0 Å². The predicted molar refractivity (Wildman–Crippen MR) is 114 cm³/mol. The molecule has 28 heavy (non-hydrogen) atoms. The third kappa shape index (κ3) is 4.93. The second kappa shape index (κ2) is 9.84. The van der Waals surface area contributed by atoms with Gasteiger partial charge in [-0.2, -0.15) is 5.10 Å². The summed E-state index contributed by atoms with van der Waals surface area (Å²) in [4.78, 5) is 0. The van der Waals surface area contributed by atoms with Gasteiger partial charge in [0, 0.05) is 5.56 Å². The quantitative estimate of drug-likeness (QED) is 0.326. The number of hydrogen-bond acceptors (Lipinski definition) is 4. The van der Waals surface area contributed by atoms with Crippen molar-refractivity contribution < 1.29 is 9.47 Å². The van der Waals surface area contributed by atoms with Crippen LogP contribution in [0.2, 0.25) is 0 Å². The molecule has 0 unspecified atom stereocenters. The van der Waals surface area contributed by atoms with E-state index in [1.165, 1.54) is 0 Å². The van der Waals surface area contributed by atoms with Gasteiger partial charge in [0.2, 0.25) is 0 Å². The maximum atomic E-state index is 5.69. The smallest absolute Gasteiger partial charge is 0.171 e. The summed E-state index contributed by atoms with van der Waals surface area (Å²) >= 11 is 0. The Morgan fingerprint density at radius 1 is 0.964 bits per heavy atom. The van der Waals surface area contributed by atoms with E-state index in [1.807, 2.05) is 71.7 Å². The number of anilines is 1. The number of methoxy groups -OCH3 is 1. The fourth-order valence-electron chi connectivity index (χ4n) is 2.75. The van der Waals surface area contributed by atoms with Gasteiger partial charge < -0.3 is 9.47 Å². The highest BCUT2D eigenvalue weighted by Gasteiger charge is 2.10. The maximum Gasteiger partial charge on any atom is 0.171 e. The van der Waals surface area contributed by atoms with Crippen LogP contribution >= 0.6 is 0 Å². The van der Waals surface area contributed by atoms with Gasteiger partial charge in [-0.15, -0.1) is 6.42 Å². The van der Waals surface area contributed by atoms with E-state index in [9.17, 15) is 0 Å². The van der Waals surface area contributed by atoms with Gasteiger partial charge >= 0.3 is 0 Å². The molecule has 140 valence electrons. The summed E-state index contributed by atoms with van der Waals surface area (Å²) in [5, 5.41) is 6.67. The molecular weight excluding hydrogens is 348 g/mol. The highest BCUT2D eigenvalue weighted by molar-refractivity contribution is 5.85. The van der Waals surface area contributed by atoms with E-state index in [4.69, 9.17) is 21.0 Å². The maximum absolute atomic E-state index is 5.69. The highest BCUT2D eigenvalue weighted by Crippen LogP contribution is 2.30. The van der Waals surface area contributed by atoms with Crippen LogP contribution in [-0.2, 0) is 6.54 Å². The van der Waals surface area contributed by atoms with Gasteiger partial charge in [0.1, 0.15) is 6.61 Å². The van der Waals surface area contributed by atoms with Crippen LogP contribution in [0, 0.1) is 12.3 Å². The second-order valence-electron chi connectivity index (χ2n) is 5.99. The third-order valence-corrected chi connectivity index (χ3v) is 4.09. The van der Waals surface area contributed by atoms with Crippen molar-refractivity contribution in [3.05, 3.63) is 90.0 Å². The molecule has 0 radical (unpaired) electrons. The van der Waals surface area contributed by atoms with E-state index >= 15 is 0 Å². The molecule has 0 spiro atoms. The van der Waals surface area contributed by atoms with E-state index in [2.05, 4.69) is 18.1 Å². The fraction of sp³-hybridized carbons (Fsp3) is 0.125. The number of rotatable bonds is 8. The number of para-hydroxylation sites is 2. The minimum absolute atomic E-state index is 0.160. The molecule has 4 heteroatoms. The zero-order valence-electron chi connectivity index (χ0n) is 15.8. The molecule has 0 bridgehead atoms. The average Bonchev–Trinajstić information content (AvgIpc) is 2.76. The van der Waals surface area contributed by atoms with Crippen LogP contribution in [0.4, 0.5) is 5.69 Å². The zero-order valence-corrected chi connectivity index (χ0v) is 15.8. The van der Waals surface area contributed by atoms with Gasteiger partial charge in [-0.3, -0.25) is 5.01 Å². The van der Waals surface area contributed by atoms with Crippen molar-refractivity contribution in [3.63, 3.8) is 0 Å². The lowest BCUT2D eigenvalue weighted by atomic mass is 10.2. The molecule has 0 amide bonds. The zero-order chi connectivity index (χ0) is 19.6. The van der Waals surface area contributed by atoms with Crippen molar-refractivity contribution in [1.82, 2.24) is 0 Å². The second-order valence-corrected chi connectivity index (χ2v) is 5.99. The van der Waals surface area contributed by atoms with Crippen LogP contribution in [0.25, 0.3) is 0 Å². The van der Waals surface area contributed by atoms with Crippen LogP contribution in [0.5, 0.6) is 11.5 Å². The summed E-state index contributed by atoms with van der Waals surface area (Å²) in [6, 6.07) is 25.9. The van der Waals surface area contributed by atoms with E-state index in [0.29, 0.717) is 18.0 Å². The number of ether oxygens (including phenoxy) is 2. The topological polar surface area (TPSA) is 34.1 Å². The van der Waals surface area contributed by atoms with Gasteiger partial charge in [0.15, 0.2) is 11.5 Å². The summed E-state index contributed by atoms with van der Waals surface area (Å²) in [5.74, 6) is 3.69. The summed E-state index contributed by atoms with van der Waals surface area (Å²) in [7, 11) is 1.60. The van der Waals surface area contributed by atoms with Crippen molar-refractivity contribution in [2.45, 2.75) is 6.54 Å². The average molecular weight is 370 g/mol. The molecule has 0 aliphatic carbocycles. The first-order chi connectivity index (χ1) is 13.8. The van der Waals surface area contributed by atoms with Gasteiger partial charge in [-0.25, -0.2) is 0 Å². The normalized spacial score (nSPS) is 10.4. The van der Waals surface area contributed by atoms with Crippen LogP contribution in [-0.4, -0.2) is 19.9 Å². The molecule has 0 N–H and O–H groups in total. The predicted octanol–water partition coefficient (Wildman–Crippen LogP) is 4.75. The number of hydrogen-bond donors (Lipinski definition) is 0. The molecule has 0 aromatic heterocycles. The number of terminal acetylenes is 1. The number of benzene rings is 3. The molecule has 4 nitrogen and oxygen atoms in total. The molecule has 3 rings (SSSR count). The van der Waals surface area contributed by atoms with Crippen LogP contribution in [0.3, 0.4) is 0 Å². The Balaban J connectivity index is 1.92. The molecule has 0 aliphatic rings. The van der Waals surface area contributed by atoms with Crippen LogP contribution < -0.4 is 14.5 Å². The highest BCUT2D eigenvalue weighted by atomic mass is 16.5. The van der Waals surface area contributed by atoms with Crippen LogP contribution in [0.15, 0.2) is 84.0 Å². The lowest BCUT2D eigenvalue weighted by Gasteiger charge is -2.19. The van der Waals surface area contributed by atoms with Crippen molar-refractivity contribution in [2.24, 2.45) is 5.10 Å². The standard InChI is InChI=1S/C24H22N2O2/c1-3-17-28-24-21(13-10-16-23(24)27-2)18-25-26(22-14-8-5-9-15-22)19-20-11-6-4-7-12-20/h1,4-16,18H,17,19H2,2H3. The minimum atomic E-state index is 0.160. The Morgan fingerprint density at radius 2 is 1.68 bits per heavy atom. The SMILES string of the molecule is C#CCOc1c(C=NN(Cc2ccccc2)c2ccccc2)cccc1OC. The molecule has 0 atom stereocenters. The Morgan fingerprint density at radius 3 is 2.36 bits per heavy atom. The monoisotopic (exact) mass is 370 g/mol. The number of nitrogens with zero attached hydrogens (tertiary/aromatic N) is 2. The fourth-order valence-corrected chi connectivity index (χ4v) is 2.75. The lowest BCUT2D eigenvalue weighted by Crippen LogP contribution is -2.16. The van der Waals surface area contributed by atoms with Crippen LogP contribution in [0.1, 0.15) is 11.1 Å². The molecule has 0 saturated heterocycles. The first-order valence-electron chi connectivity index (χ1n) is 8.95. The third-order valence-electron chi connectivity index (χ3n) is 4.09. The summed E-state index contributed by atoms with van der Waals surface area (Å²) in [6.07, 6.45) is 7.11. The van der Waals surface area contributed by atoms with Gasteiger partial charge in [0.25, 0.3) is 0 Å². The minimum Gasteiger partial charge on any atom is -0.493 e. The molecule has 0 heterocycles. The van der Waals surface area contributed by atoms with E-state index in [1.54, 1.807) is 13.3 Å². The molecule has 0 saturated carbocycles. The first kappa shape index (κ1) is 19.1. The Kier molecular flexibility index (Phi) is 6.70. The summed E-state index contributed by atoms with van der Waals surface area (Å²) in [6.45, 7) is 0.805. The first-order valence-corrected chi connectivity index (χ1v) is 8.95. The Hall–Kier alpha value is -3.71. The summed E-state index contributed by atoms with van der Waals surface area (Å²) in [5.41, 5.74) is 2.96. The van der Waals surface area contributed by atoms with Gasteiger partial charge in [-0.1, -0.05) is 60.5 Å². The number of hydrazone groups is 1. The molecule has 3 aromatic carbocycles. The Bertz CT molecular complexity index is 947. The van der Waals surface area contributed by atoms with Crippen molar-refractivity contribution >= 4 is 11.9 Å².